The van der Waals surface area contributed by atoms with E-state index in [9.17, 15) is 10.1 Å². The molecule has 7 heteroatoms. The van der Waals surface area contributed by atoms with E-state index in [0.717, 1.165) is 24.5 Å². The number of hydrogen-bond acceptors (Lipinski definition) is 6. The first-order valence-corrected chi connectivity index (χ1v) is 7.91. The van der Waals surface area contributed by atoms with Gasteiger partial charge in [0.2, 0.25) is 0 Å². The molecule has 0 radical (unpaired) electrons. The minimum atomic E-state index is -0.448. The minimum absolute atomic E-state index is 0.0126. The number of hydrogen-bond donors (Lipinski definition) is 0. The van der Waals surface area contributed by atoms with Gasteiger partial charge in [0.1, 0.15) is 18.6 Å². The predicted molar refractivity (Wildman–Crippen MR) is 89.7 cm³/mol. The maximum atomic E-state index is 10.8. The van der Waals surface area contributed by atoms with E-state index in [4.69, 9.17) is 9.47 Å². The molecule has 2 aromatic rings. The Morgan fingerprint density at radius 1 is 1.29 bits per heavy atom. The Bertz CT molecular complexity index is 705. The number of benzene rings is 1. The van der Waals surface area contributed by atoms with Crippen LogP contribution in [0, 0.1) is 10.1 Å². The van der Waals surface area contributed by atoms with Gasteiger partial charge < -0.3 is 14.4 Å². The summed E-state index contributed by atoms with van der Waals surface area (Å²) in [5.41, 5.74) is -0.0126. The second-order valence-electron chi connectivity index (χ2n) is 5.58. The second-order valence-corrected chi connectivity index (χ2v) is 5.58. The Morgan fingerprint density at radius 2 is 2.08 bits per heavy atom. The standard InChI is InChI=1S/C17H19N3O4/c1-2-9-19(17-8-7-13(10-18-17)20(21)22)11-14-12-23-15-5-3-4-6-16(15)24-14/h3-8,10,14H,2,9,11-12H2,1H3/t14-/m1/s1. The van der Waals surface area contributed by atoms with E-state index in [2.05, 4.69) is 16.8 Å². The van der Waals surface area contributed by atoms with Crippen molar-refractivity contribution >= 4 is 11.5 Å². The van der Waals surface area contributed by atoms with E-state index in [1.165, 1.54) is 12.3 Å². The molecule has 126 valence electrons. The summed E-state index contributed by atoms with van der Waals surface area (Å²) in [6, 6.07) is 10.7. The highest BCUT2D eigenvalue weighted by Crippen LogP contribution is 2.31. The molecule has 0 spiro atoms. The van der Waals surface area contributed by atoms with Crippen LogP contribution in [0.2, 0.25) is 0 Å². The average Bonchev–Trinajstić information content (AvgIpc) is 2.61. The molecular weight excluding hydrogens is 310 g/mol. The third-order valence-electron chi connectivity index (χ3n) is 3.75. The van der Waals surface area contributed by atoms with Gasteiger partial charge in [0.15, 0.2) is 17.6 Å². The van der Waals surface area contributed by atoms with Crippen molar-refractivity contribution in [3.63, 3.8) is 0 Å². The summed E-state index contributed by atoms with van der Waals surface area (Å²) in [5, 5.41) is 10.8. The SMILES string of the molecule is CCCN(C[C@@H]1COc2ccccc2O1)c1ccc([N+](=O)[O-])cn1. The van der Waals surface area contributed by atoms with Crippen LogP contribution in [-0.2, 0) is 0 Å². The fraction of sp³-hybridized carbons (Fsp3) is 0.353. The molecule has 0 saturated carbocycles. The van der Waals surface area contributed by atoms with E-state index >= 15 is 0 Å². The third kappa shape index (κ3) is 3.56. The molecule has 1 atom stereocenters. The molecular formula is C17H19N3O4. The normalized spacial score (nSPS) is 15.8. The van der Waals surface area contributed by atoms with Gasteiger partial charge >= 0.3 is 0 Å². The third-order valence-corrected chi connectivity index (χ3v) is 3.75. The van der Waals surface area contributed by atoms with E-state index < -0.39 is 4.92 Å². The number of ether oxygens (including phenoxy) is 2. The van der Waals surface area contributed by atoms with Gasteiger partial charge in [-0.1, -0.05) is 19.1 Å². The molecule has 1 aliphatic heterocycles. The van der Waals surface area contributed by atoms with Crippen LogP contribution < -0.4 is 14.4 Å². The minimum Gasteiger partial charge on any atom is -0.486 e. The van der Waals surface area contributed by atoms with Crippen LogP contribution in [0.4, 0.5) is 11.5 Å². The maximum absolute atomic E-state index is 10.8. The number of aromatic nitrogens is 1. The predicted octanol–water partition coefficient (Wildman–Crippen LogP) is 3.05. The van der Waals surface area contributed by atoms with Gasteiger partial charge in [-0.15, -0.1) is 0 Å². The lowest BCUT2D eigenvalue weighted by molar-refractivity contribution is -0.385. The Labute approximate surface area is 140 Å². The smallest absolute Gasteiger partial charge is 0.287 e. The Hall–Kier alpha value is -2.83. The largest absolute Gasteiger partial charge is 0.486 e. The molecule has 0 saturated heterocycles. The number of fused-ring (bicyclic) bond motifs is 1. The maximum Gasteiger partial charge on any atom is 0.287 e. The lowest BCUT2D eigenvalue weighted by Gasteiger charge is -2.31. The van der Waals surface area contributed by atoms with Crippen LogP contribution in [-0.4, -0.2) is 35.7 Å². The van der Waals surface area contributed by atoms with Crippen molar-refractivity contribution in [2.45, 2.75) is 19.4 Å². The topological polar surface area (TPSA) is 77.7 Å². The number of pyridine rings is 1. The van der Waals surface area contributed by atoms with Crippen LogP contribution in [0.15, 0.2) is 42.6 Å². The van der Waals surface area contributed by atoms with Crippen LogP contribution >= 0.6 is 0 Å². The molecule has 24 heavy (non-hydrogen) atoms. The summed E-state index contributed by atoms with van der Waals surface area (Å²) >= 11 is 0. The number of nitrogens with zero attached hydrogens (tertiary/aromatic N) is 3. The van der Waals surface area contributed by atoms with E-state index in [1.807, 2.05) is 24.3 Å². The van der Waals surface area contributed by atoms with Crippen LogP contribution in [0.25, 0.3) is 0 Å². The summed E-state index contributed by atoms with van der Waals surface area (Å²) in [5.74, 6) is 2.19. The quantitative estimate of drug-likeness (QED) is 0.599. The molecule has 1 aromatic carbocycles. The van der Waals surface area contributed by atoms with Crippen molar-refractivity contribution < 1.29 is 14.4 Å². The Kier molecular flexibility index (Phi) is 4.79. The summed E-state index contributed by atoms with van der Waals surface area (Å²) in [6.07, 6.45) is 2.09. The van der Waals surface area contributed by atoms with Crippen molar-refractivity contribution in [1.82, 2.24) is 4.98 Å². The van der Waals surface area contributed by atoms with Gasteiger partial charge in [0.25, 0.3) is 5.69 Å². The highest BCUT2D eigenvalue weighted by atomic mass is 16.6. The molecule has 1 aromatic heterocycles. The van der Waals surface area contributed by atoms with Gasteiger partial charge in [-0.25, -0.2) is 4.98 Å². The molecule has 1 aliphatic rings. The summed E-state index contributed by atoms with van der Waals surface area (Å²) < 4.78 is 11.7. The van der Waals surface area contributed by atoms with Crippen LogP contribution in [0.5, 0.6) is 11.5 Å². The van der Waals surface area contributed by atoms with Gasteiger partial charge in [-0.05, 0) is 24.6 Å². The average molecular weight is 329 g/mol. The number of para-hydroxylation sites is 2. The number of rotatable bonds is 6. The van der Waals surface area contributed by atoms with Gasteiger partial charge in [-0.3, -0.25) is 10.1 Å². The zero-order valence-electron chi connectivity index (χ0n) is 13.4. The van der Waals surface area contributed by atoms with Gasteiger partial charge in [-0.2, -0.15) is 0 Å². The Morgan fingerprint density at radius 3 is 2.75 bits per heavy atom. The highest BCUT2D eigenvalue weighted by Gasteiger charge is 2.23. The van der Waals surface area contributed by atoms with Crippen molar-refractivity contribution in [2.24, 2.45) is 0 Å². The lowest BCUT2D eigenvalue weighted by Crippen LogP contribution is -2.41. The molecule has 0 amide bonds. The van der Waals surface area contributed by atoms with Gasteiger partial charge in [0.05, 0.1) is 11.5 Å². The zero-order chi connectivity index (χ0) is 16.9. The van der Waals surface area contributed by atoms with Crippen LogP contribution in [0.1, 0.15) is 13.3 Å². The van der Waals surface area contributed by atoms with Gasteiger partial charge in [0, 0.05) is 12.6 Å². The first-order valence-electron chi connectivity index (χ1n) is 7.91. The fourth-order valence-corrected chi connectivity index (χ4v) is 2.64. The lowest BCUT2D eigenvalue weighted by atomic mass is 10.2. The number of anilines is 1. The summed E-state index contributed by atoms with van der Waals surface area (Å²) in [7, 11) is 0. The molecule has 0 bridgehead atoms. The fourth-order valence-electron chi connectivity index (χ4n) is 2.64. The molecule has 7 nitrogen and oxygen atoms in total. The molecule has 3 rings (SSSR count). The molecule has 0 unspecified atom stereocenters. The molecule has 0 N–H and O–H groups in total. The zero-order valence-corrected chi connectivity index (χ0v) is 13.4. The first-order chi connectivity index (χ1) is 11.7. The Balaban J connectivity index is 1.71. The highest BCUT2D eigenvalue weighted by molar-refractivity contribution is 5.44. The molecule has 0 fully saturated rings. The molecule has 0 aliphatic carbocycles. The number of nitro groups is 1. The molecule has 2 heterocycles. The van der Waals surface area contributed by atoms with Crippen molar-refractivity contribution in [1.29, 1.82) is 0 Å². The summed E-state index contributed by atoms with van der Waals surface area (Å²) in [6.45, 7) is 3.93. The van der Waals surface area contributed by atoms with Crippen molar-refractivity contribution in [2.75, 3.05) is 24.6 Å². The van der Waals surface area contributed by atoms with Crippen molar-refractivity contribution in [3.8, 4) is 11.5 Å². The second kappa shape index (κ2) is 7.16. The van der Waals surface area contributed by atoms with E-state index in [-0.39, 0.29) is 11.8 Å². The van der Waals surface area contributed by atoms with E-state index in [1.54, 1.807) is 6.07 Å². The monoisotopic (exact) mass is 329 g/mol. The summed E-state index contributed by atoms with van der Waals surface area (Å²) in [4.78, 5) is 16.6. The van der Waals surface area contributed by atoms with Crippen LogP contribution in [0.3, 0.4) is 0 Å². The first kappa shape index (κ1) is 16.0. The van der Waals surface area contributed by atoms with Crippen molar-refractivity contribution in [3.05, 3.63) is 52.7 Å². The van der Waals surface area contributed by atoms with E-state index in [0.29, 0.717) is 19.0 Å².